The first-order valence-corrected chi connectivity index (χ1v) is 8.90. The molecule has 0 bridgehead atoms. The molecule has 1 aromatic rings. The molecule has 0 N–H and O–H groups in total. The first-order chi connectivity index (χ1) is 9.59. The summed E-state index contributed by atoms with van der Waals surface area (Å²) in [4.78, 5) is 7.72. The molecule has 1 aliphatic heterocycles. The Kier molecular flexibility index (Phi) is 3.97. The van der Waals surface area contributed by atoms with Crippen molar-refractivity contribution in [3.8, 4) is 0 Å². The zero-order valence-corrected chi connectivity index (χ0v) is 12.8. The van der Waals surface area contributed by atoms with E-state index in [0.717, 1.165) is 25.7 Å². The highest BCUT2D eigenvalue weighted by Gasteiger charge is 2.40. The Balaban J connectivity index is 1.87. The van der Waals surface area contributed by atoms with Crippen molar-refractivity contribution in [3.63, 3.8) is 0 Å². The van der Waals surface area contributed by atoms with Crippen LogP contribution in [0.15, 0.2) is 17.3 Å². The third-order valence-corrected chi connectivity index (χ3v) is 6.47. The molecule has 7 heteroatoms. The number of halogens is 1. The van der Waals surface area contributed by atoms with Crippen LogP contribution in [0.3, 0.4) is 0 Å². The Bertz CT molecular complexity index is 570. The lowest BCUT2D eigenvalue weighted by Gasteiger charge is -2.28. The maximum absolute atomic E-state index is 12.7. The second-order valence-electron chi connectivity index (χ2n) is 5.56. The minimum absolute atomic E-state index is 0.0673. The molecule has 1 saturated heterocycles. The van der Waals surface area contributed by atoms with Gasteiger partial charge in [-0.2, -0.15) is 4.31 Å². The minimum atomic E-state index is -3.49. The van der Waals surface area contributed by atoms with Gasteiger partial charge in [-0.3, -0.25) is 0 Å². The maximum Gasteiger partial charge on any atom is 0.246 e. The molecule has 1 unspecified atom stereocenters. The van der Waals surface area contributed by atoms with Gasteiger partial charge in [0.05, 0.1) is 12.4 Å². The number of sulfonamides is 1. The molecule has 1 aliphatic carbocycles. The predicted molar refractivity (Wildman–Crippen MR) is 75.9 cm³/mol. The fraction of sp³-hybridized carbons (Fsp3) is 0.692. The van der Waals surface area contributed by atoms with E-state index in [4.69, 9.17) is 11.6 Å². The first-order valence-electron chi connectivity index (χ1n) is 7.08. The van der Waals surface area contributed by atoms with Gasteiger partial charge < -0.3 is 0 Å². The molecule has 2 aliphatic rings. The molecule has 110 valence electrons. The SMILES string of the molecule is O=S(=O)(c1cnc(Cl)nc1)N1CCCC1C1CCCC1. The highest BCUT2D eigenvalue weighted by Crippen LogP contribution is 2.37. The molecule has 0 spiro atoms. The van der Waals surface area contributed by atoms with E-state index in [2.05, 4.69) is 9.97 Å². The highest BCUT2D eigenvalue weighted by atomic mass is 35.5. The number of rotatable bonds is 3. The molecule has 2 heterocycles. The van der Waals surface area contributed by atoms with E-state index in [-0.39, 0.29) is 16.2 Å². The molecule has 0 amide bonds. The fourth-order valence-electron chi connectivity index (χ4n) is 3.45. The highest BCUT2D eigenvalue weighted by molar-refractivity contribution is 7.89. The zero-order valence-electron chi connectivity index (χ0n) is 11.2. The van der Waals surface area contributed by atoms with E-state index in [1.807, 2.05) is 0 Å². The Hall–Kier alpha value is -0.720. The summed E-state index contributed by atoms with van der Waals surface area (Å²) >= 11 is 5.62. The first kappa shape index (κ1) is 14.2. The van der Waals surface area contributed by atoms with E-state index >= 15 is 0 Å². The molecule has 0 aromatic carbocycles. The molecule has 3 rings (SSSR count). The average Bonchev–Trinajstić information content (AvgIpc) is 3.10. The lowest BCUT2D eigenvalue weighted by atomic mass is 9.97. The van der Waals surface area contributed by atoms with Crippen molar-refractivity contribution >= 4 is 21.6 Å². The number of aromatic nitrogens is 2. The Morgan fingerprint density at radius 3 is 2.40 bits per heavy atom. The molecule has 1 atom stereocenters. The Labute approximate surface area is 124 Å². The molecular weight excluding hydrogens is 298 g/mol. The van der Waals surface area contributed by atoms with Crippen molar-refractivity contribution in [2.24, 2.45) is 5.92 Å². The lowest BCUT2D eigenvalue weighted by molar-refractivity contribution is 0.288. The van der Waals surface area contributed by atoms with Crippen molar-refractivity contribution in [2.45, 2.75) is 49.5 Å². The van der Waals surface area contributed by atoms with Crippen LogP contribution < -0.4 is 0 Å². The van der Waals surface area contributed by atoms with Gasteiger partial charge in [0.15, 0.2) is 0 Å². The smallest absolute Gasteiger partial charge is 0.225 e. The molecule has 0 radical (unpaired) electrons. The largest absolute Gasteiger partial charge is 0.246 e. The van der Waals surface area contributed by atoms with E-state index < -0.39 is 10.0 Å². The van der Waals surface area contributed by atoms with Crippen molar-refractivity contribution in [1.29, 1.82) is 0 Å². The quantitative estimate of drug-likeness (QED) is 0.804. The number of hydrogen-bond acceptors (Lipinski definition) is 4. The molecule has 2 fully saturated rings. The number of hydrogen-bond donors (Lipinski definition) is 0. The van der Waals surface area contributed by atoms with Gasteiger partial charge in [-0.25, -0.2) is 18.4 Å². The van der Waals surface area contributed by atoms with E-state index in [9.17, 15) is 8.42 Å². The van der Waals surface area contributed by atoms with Crippen LogP contribution in [0.25, 0.3) is 0 Å². The van der Waals surface area contributed by atoms with Crippen LogP contribution in [0.1, 0.15) is 38.5 Å². The Morgan fingerprint density at radius 1 is 1.10 bits per heavy atom. The van der Waals surface area contributed by atoms with Crippen LogP contribution in [-0.2, 0) is 10.0 Å². The summed E-state index contributed by atoms with van der Waals surface area (Å²) in [5.41, 5.74) is 0. The molecule has 20 heavy (non-hydrogen) atoms. The van der Waals surface area contributed by atoms with Crippen LogP contribution in [0.2, 0.25) is 5.28 Å². The fourth-order valence-corrected chi connectivity index (χ4v) is 5.19. The van der Waals surface area contributed by atoms with E-state index in [0.29, 0.717) is 12.5 Å². The summed E-state index contributed by atoms with van der Waals surface area (Å²) in [5, 5.41) is 0.0673. The average molecular weight is 316 g/mol. The standard InChI is InChI=1S/C13H18ClN3O2S/c14-13-15-8-11(9-16-13)20(18,19)17-7-3-6-12(17)10-4-1-2-5-10/h8-10,12H,1-7H2. The summed E-state index contributed by atoms with van der Waals surface area (Å²) in [5.74, 6) is 0.514. The lowest BCUT2D eigenvalue weighted by Crippen LogP contribution is -2.39. The van der Waals surface area contributed by atoms with Gasteiger partial charge in [0.25, 0.3) is 0 Å². The second-order valence-corrected chi connectivity index (χ2v) is 7.79. The van der Waals surface area contributed by atoms with Crippen LogP contribution in [-0.4, -0.2) is 35.3 Å². The van der Waals surface area contributed by atoms with Crippen molar-refractivity contribution in [2.75, 3.05) is 6.54 Å². The minimum Gasteiger partial charge on any atom is -0.225 e. The summed E-state index contributed by atoms with van der Waals surface area (Å²) < 4.78 is 27.1. The topological polar surface area (TPSA) is 63.2 Å². The Morgan fingerprint density at radius 2 is 1.75 bits per heavy atom. The second kappa shape index (κ2) is 5.58. The predicted octanol–water partition coefficient (Wildman–Crippen LogP) is 2.47. The molecular formula is C13H18ClN3O2S. The van der Waals surface area contributed by atoms with Gasteiger partial charge in [-0.15, -0.1) is 0 Å². The van der Waals surface area contributed by atoms with Gasteiger partial charge in [0, 0.05) is 12.6 Å². The number of nitrogens with zero attached hydrogens (tertiary/aromatic N) is 3. The molecule has 5 nitrogen and oxygen atoms in total. The van der Waals surface area contributed by atoms with Crippen LogP contribution in [0, 0.1) is 5.92 Å². The summed E-state index contributed by atoms with van der Waals surface area (Å²) in [6.07, 6.45) is 9.25. The molecule has 1 saturated carbocycles. The monoisotopic (exact) mass is 315 g/mol. The third kappa shape index (κ3) is 2.56. The van der Waals surface area contributed by atoms with E-state index in [1.54, 1.807) is 4.31 Å². The summed E-state index contributed by atoms with van der Waals surface area (Å²) in [7, 11) is -3.49. The van der Waals surface area contributed by atoms with Crippen LogP contribution in [0.5, 0.6) is 0 Å². The van der Waals surface area contributed by atoms with Crippen LogP contribution >= 0.6 is 11.6 Å². The third-order valence-electron chi connectivity index (χ3n) is 4.40. The van der Waals surface area contributed by atoms with Crippen molar-refractivity contribution in [3.05, 3.63) is 17.7 Å². The van der Waals surface area contributed by atoms with Gasteiger partial charge >= 0.3 is 0 Å². The normalized spacial score (nSPS) is 25.4. The zero-order chi connectivity index (χ0) is 14.2. The van der Waals surface area contributed by atoms with Gasteiger partial charge in [0.2, 0.25) is 15.3 Å². The van der Waals surface area contributed by atoms with E-state index in [1.165, 1.54) is 25.2 Å². The van der Waals surface area contributed by atoms with Gasteiger partial charge in [-0.05, 0) is 43.2 Å². The maximum atomic E-state index is 12.7. The van der Waals surface area contributed by atoms with Gasteiger partial charge in [0.1, 0.15) is 4.90 Å². The molecule has 1 aromatic heterocycles. The van der Waals surface area contributed by atoms with Crippen molar-refractivity contribution < 1.29 is 8.42 Å². The van der Waals surface area contributed by atoms with Crippen molar-refractivity contribution in [1.82, 2.24) is 14.3 Å². The summed E-state index contributed by atoms with van der Waals surface area (Å²) in [6, 6.07) is 0.151. The summed E-state index contributed by atoms with van der Waals surface area (Å²) in [6.45, 7) is 0.603. The van der Waals surface area contributed by atoms with Gasteiger partial charge in [-0.1, -0.05) is 12.8 Å². The van der Waals surface area contributed by atoms with Crippen LogP contribution in [0.4, 0.5) is 0 Å².